The van der Waals surface area contributed by atoms with Gasteiger partial charge in [-0.25, -0.2) is 4.39 Å². The Bertz CT molecular complexity index is 939. The van der Waals surface area contributed by atoms with Gasteiger partial charge in [0.15, 0.2) is 5.82 Å². The molecule has 0 radical (unpaired) electrons. The van der Waals surface area contributed by atoms with E-state index in [2.05, 4.69) is 20.9 Å². The molecule has 2 aromatic rings. The third kappa shape index (κ3) is 3.69. The van der Waals surface area contributed by atoms with Gasteiger partial charge in [-0.1, -0.05) is 6.07 Å². The molecule has 2 bridgehead atoms. The highest BCUT2D eigenvalue weighted by molar-refractivity contribution is 5.47. The molecule has 0 N–H and O–H groups in total. The van der Waals surface area contributed by atoms with Crippen LogP contribution in [0.2, 0.25) is 0 Å². The van der Waals surface area contributed by atoms with Gasteiger partial charge in [0, 0.05) is 69.2 Å². The minimum absolute atomic E-state index is 0.144. The zero-order valence-corrected chi connectivity index (χ0v) is 16.6. The van der Waals surface area contributed by atoms with E-state index in [4.69, 9.17) is 4.74 Å². The van der Waals surface area contributed by atoms with E-state index in [1.165, 1.54) is 6.20 Å². The van der Waals surface area contributed by atoms with E-state index < -0.39 is 0 Å². The average molecular weight is 398 g/mol. The Hall–Kier alpha value is -2.25. The first kappa shape index (κ1) is 18.8. The fourth-order valence-electron chi connectivity index (χ4n) is 5.13. The molecule has 2 saturated heterocycles. The highest BCUT2D eigenvalue weighted by atomic mass is 19.1. The van der Waals surface area contributed by atoms with Gasteiger partial charge in [0.25, 0.3) is 5.56 Å². The maximum atomic E-state index is 14.2. The lowest BCUT2D eigenvalue weighted by atomic mass is 9.82. The number of piperidine rings is 1. The Morgan fingerprint density at radius 2 is 2.07 bits per heavy atom. The van der Waals surface area contributed by atoms with Crippen LogP contribution in [0.25, 0.3) is 0 Å². The second-order valence-corrected chi connectivity index (χ2v) is 8.47. The van der Waals surface area contributed by atoms with Crippen LogP contribution in [0.15, 0.2) is 35.4 Å². The third-order valence-corrected chi connectivity index (χ3v) is 6.48. The van der Waals surface area contributed by atoms with Gasteiger partial charge in [-0.05, 0) is 30.9 Å². The first-order valence-corrected chi connectivity index (χ1v) is 10.6. The Morgan fingerprint density at radius 3 is 2.97 bits per heavy atom. The molecular weight excluding hydrogens is 371 g/mol. The summed E-state index contributed by atoms with van der Waals surface area (Å²) in [5.41, 5.74) is 2.72. The van der Waals surface area contributed by atoms with Crippen molar-refractivity contribution in [3.63, 3.8) is 0 Å². The number of hydrogen-bond donors (Lipinski definition) is 0. The molecule has 0 saturated carbocycles. The Labute approximate surface area is 169 Å². The smallest absolute Gasteiger partial charge is 0.255 e. The molecule has 2 fully saturated rings. The molecule has 0 aromatic carbocycles. The van der Waals surface area contributed by atoms with Crippen molar-refractivity contribution in [1.82, 2.24) is 14.5 Å². The summed E-state index contributed by atoms with van der Waals surface area (Å²) in [6.45, 7) is 6.29. The zero-order chi connectivity index (χ0) is 19.8. The quantitative estimate of drug-likeness (QED) is 0.794. The Balaban J connectivity index is 1.39. The number of rotatable bonds is 3. The van der Waals surface area contributed by atoms with Crippen LogP contribution in [0.3, 0.4) is 0 Å². The van der Waals surface area contributed by atoms with Crippen molar-refractivity contribution in [1.29, 1.82) is 0 Å². The average Bonchev–Trinajstić information content (AvgIpc) is 2.99. The summed E-state index contributed by atoms with van der Waals surface area (Å²) in [6.07, 6.45) is 4.99. The summed E-state index contributed by atoms with van der Waals surface area (Å²) >= 11 is 0. The van der Waals surface area contributed by atoms with Crippen molar-refractivity contribution < 1.29 is 9.13 Å². The fourth-order valence-corrected chi connectivity index (χ4v) is 5.13. The van der Waals surface area contributed by atoms with Crippen molar-refractivity contribution in [2.45, 2.75) is 31.8 Å². The first-order valence-electron chi connectivity index (χ1n) is 10.6. The molecule has 7 heteroatoms. The van der Waals surface area contributed by atoms with Crippen LogP contribution >= 0.6 is 0 Å². The first-order chi connectivity index (χ1) is 14.2. The zero-order valence-electron chi connectivity index (χ0n) is 16.6. The number of aromatic nitrogens is 2. The molecule has 5 heterocycles. The third-order valence-electron chi connectivity index (χ3n) is 6.48. The number of nitrogens with zero attached hydrogens (tertiary/aromatic N) is 4. The van der Waals surface area contributed by atoms with Crippen molar-refractivity contribution >= 4 is 5.69 Å². The van der Waals surface area contributed by atoms with Crippen molar-refractivity contribution in [2.75, 3.05) is 44.3 Å². The summed E-state index contributed by atoms with van der Waals surface area (Å²) in [6, 6.07) is 5.88. The topological polar surface area (TPSA) is 50.6 Å². The standard InChI is InChI=1S/C22H27FN4O2/c23-19-11-24-5-4-21(19)26-12-16-10-18(15-26)20-3-2-17(22(28)27(20)13-16)14-25-6-1-8-29-9-7-25/h2-5,11,16,18H,1,6-10,12-15H2/t16-,18+/m0/s1. The van der Waals surface area contributed by atoms with Crippen LogP contribution in [0.4, 0.5) is 10.1 Å². The molecule has 6 nitrogen and oxygen atoms in total. The van der Waals surface area contributed by atoms with Crippen molar-refractivity contribution in [3.05, 3.63) is 58.0 Å². The van der Waals surface area contributed by atoms with E-state index >= 15 is 0 Å². The van der Waals surface area contributed by atoms with E-state index in [0.29, 0.717) is 24.7 Å². The molecular formula is C22H27FN4O2. The number of fused-ring (bicyclic) bond motifs is 4. The van der Waals surface area contributed by atoms with E-state index in [9.17, 15) is 9.18 Å². The molecule has 3 aliphatic heterocycles. The highest BCUT2D eigenvalue weighted by Crippen LogP contribution is 2.37. The van der Waals surface area contributed by atoms with Gasteiger partial charge in [0.2, 0.25) is 0 Å². The molecule has 2 aromatic heterocycles. The molecule has 0 unspecified atom stereocenters. The molecule has 2 atom stereocenters. The summed E-state index contributed by atoms with van der Waals surface area (Å²) in [4.78, 5) is 21.5. The predicted octanol–water partition coefficient (Wildman–Crippen LogP) is 2.23. The largest absolute Gasteiger partial charge is 0.380 e. The van der Waals surface area contributed by atoms with Crippen LogP contribution < -0.4 is 10.5 Å². The maximum Gasteiger partial charge on any atom is 0.255 e. The number of hydrogen-bond acceptors (Lipinski definition) is 5. The van der Waals surface area contributed by atoms with Crippen LogP contribution in [0.1, 0.15) is 30.0 Å². The van der Waals surface area contributed by atoms with Crippen LogP contribution in [-0.2, 0) is 17.8 Å². The van der Waals surface area contributed by atoms with Gasteiger partial charge in [-0.2, -0.15) is 0 Å². The summed E-state index contributed by atoms with van der Waals surface area (Å²) in [5.74, 6) is 0.332. The lowest BCUT2D eigenvalue weighted by Gasteiger charge is -2.44. The molecule has 29 heavy (non-hydrogen) atoms. The van der Waals surface area contributed by atoms with Crippen LogP contribution in [0, 0.1) is 11.7 Å². The van der Waals surface area contributed by atoms with E-state index in [1.54, 1.807) is 12.3 Å². The van der Waals surface area contributed by atoms with Crippen molar-refractivity contribution in [3.8, 4) is 0 Å². The van der Waals surface area contributed by atoms with Gasteiger partial charge in [0.1, 0.15) is 0 Å². The number of anilines is 1. The molecule has 0 amide bonds. The lowest BCUT2D eigenvalue weighted by molar-refractivity contribution is 0.140. The van der Waals surface area contributed by atoms with E-state index in [1.807, 2.05) is 10.6 Å². The highest BCUT2D eigenvalue weighted by Gasteiger charge is 2.35. The second kappa shape index (κ2) is 7.88. The van der Waals surface area contributed by atoms with Crippen LogP contribution in [0.5, 0.6) is 0 Å². The minimum Gasteiger partial charge on any atom is -0.380 e. The number of pyridine rings is 2. The summed E-state index contributed by atoms with van der Waals surface area (Å²) in [7, 11) is 0. The Morgan fingerprint density at radius 1 is 1.14 bits per heavy atom. The molecule has 3 aliphatic rings. The normalized spacial score (nSPS) is 24.8. The number of ether oxygens (including phenoxy) is 1. The molecule has 154 valence electrons. The predicted molar refractivity (Wildman–Crippen MR) is 109 cm³/mol. The van der Waals surface area contributed by atoms with Gasteiger partial charge in [-0.3, -0.25) is 14.7 Å². The fraction of sp³-hybridized carbons (Fsp3) is 0.545. The number of halogens is 1. The summed E-state index contributed by atoms with van der Waals surface area (Å²) < 4.78 is 21.8. The van der Waals surface area contributed by atoms with Crippen molar-refractivity contribution in [2.24, 2.45) is 5.92 Å². The Kier molecular flexibility index (Phi) is 5.09. The van der Waals surface area contributed by atoms with E-state index in [-0.39, 0.29) is 17.3 Å². The lowest BCUT2D eigenvalue weighted by Crippen LogP contribution is -2.48. The molecule has 0 spiro atoms. The molecule has 5 rings (SSSR count). The van der Waals surface area contributed by atoms with Gasteiger partial charge < -0.3 is 14.2 Å². The monoisotopic (exact) mass is 398 g/mol. The van der Waals surface area contributed by atoms with E-state index in [0.717, 1.165) is 63.5 Å². The van der Waals surface area contributed by atoms with Gasteiger partial charge in [-0.15, -0.1) is 0 Å². The minimum atomic E-state index is -0.276. The molecule has 0 aliphatic carbocycles. The maximum absolute atomic E-state index is 14.2. The van der Waals surface area contributed by atoms with Crippen LogP contribution in [-0.4, -0.2) is 53.8 Å². The second-order valence-electron chi connectivity index (χ2n) is 8.47. The summed E-state index contributed by atoms with van der Waals surface area (Å²) in [5, 5.41) is 0. The SMILES string of the molecule is O=c1c(CN2CCCOCC2)ccc2n1C[C@H]1C[C@@H]2CN(c2ccncc2F)C1. The van der Waals surface area contributed by atoms with Gasteiger partial charge >= 0.3 is 0 Å². The van der Waals surface area contributed by atoms with Gasteiger partial charge in [0.05, 0.1) is 18.5 Å².